The van der Waals surface area contributed by atoms with Gasteiger partial charge in [0.15, 0.2) is 5.76 Å². The zero-order valence-corrected chi connectivity index (χ0v) is 12.5. The van der Waals surface area contributed by atoms with Crippen molar-refractivity contribution in [2.24, 2.45) is 0 Å². The van der Waals surface area contributed by atoms with Crippen LogP contribution in [0.25, 0.3) is 0 Å². The number of carbonyl (C=O) groups is 1. The van der Waals surface area contributed by atoms with Crippen molar-refractivity contribution in [1.82, 2.24) is 15.4 Å². The van der Waals surface area contributed by atoms with Gasteiger partial charge in [-0.2, -0.15) is 11.8 Å². The summed E-state index contributed by atoms with van der Waals surface area (Å²) in [4.78, 5) is 13.9. The third-order valence-electron chi connectivity index (χ3n) is 3.10. The van der Waals surface area contributed by atoms with E-state index in [1.807, 2.05) is 29.7 Å². The van der Waals surface area contributed by atoms with E-state index in [4.69, 9.17) is 4.52 Å². The first-order valence-corrected chi connectivity index (χ1v) is 7.60. The fraction of sp³-hybridized carbons (Fsp3) is 0.692. The maximum atomic E-state index is 12.1. The van der Waals surface area contributed by atoms with Crippen LogP contribution in [0.3, 0.4) is 0 Å². The van der Waals surface area contributed by atoms with Gasteiger partial charge in [0.2, 0.25) is 0 Å². The Labute approximate surface area is 118 Å². The topological polar surface area (TPSA) is 58.4 Å². The molecule has 106 valence electrons. The Morgan fingerprint density at radius 2 is 2.42 bits per heavy atom. The van der Waals surface area contributed by atoms with Crippen molar-refractivity contribution in [3.8, 4) is 0 Å². The average Bonchev–Trinajstić information content (AvgIpc) is 2.82. The number of thioether (sulfide) groups is 1. The lowest BCUT2D eigenvalue weighted by atomic mass is 10.2. The van der Waals surface area contributed by atoms with Gasteiger partial charge >= 0.3 is 6.03 Å². The predicted molar refractivity (Wildman–Crippen MR) is 76.2 cm³/mol. The van der Waals surface area contributed by atoms with Gasteiger partial charge in [-0.15, -0.1) is 0 Å². The molecule has 5 nitrogen and oxygen atoms in total. The molecule has 1 saturated heterocycles. The van der Waals surface area contributed by atoms with E-state index in [2.05, 4.69) is 24.3 Å². The van der Waals surface area contributed by atoms with Gasteiger partial charge < -0.3 is 14.7 Å². The maximum absolute atomic E-state index is 12.1. The van der Waals surface area contributed by atoms with Crippen LogP contribution in [0, 0.1) is 0 Å². The molecule has 2 rings (SSSR count). The number of carbonyl (C=O) groups excluding carboxylic acids is 1. The van der Waals surface area contributed by atoms with E-state index in [9.17, 15) is 4.79 Å². The Balaban J connectivity index is 1.84. The van der Waals surface area contributed by atoms with Gasteiger partial charge in [-0.25, -0.2) is 4.79 Å². The summed E-state index contributed by atoms with van der Waals surface area (Å²) in [6.07, 6.45) is 0.842. The molecular formula is C13H21N3O2S. The summed E-state index contributed by atoms with van der Waals surface area (Å²) < 4.78 is 5.28. The van der Waals surface area contributed by atoms with Crippen LogP contribution in [-0.4, -0.2) is 39.7 Å². The molecule has 1 N–H and O–H groups in total. The molecule has 1 aromatic heterocycles. The minimum atomic E-state index is -0.0252. The van der Waals surface area contributed by atoms with Crippen LogP contribution in [0.1, 0.15) is 32.2 Å². The van der Waals surface area contributed by atoms with Crippen molar-refractivity contribution in [2.75, 3.05) is 18.8 Å². The molecule has 0 unspecified atom stereocenters. The van der Waals surface area contributed by atoms with E-state index in [0.717, 1.165) is 31.0 Å². The van der Waals surface area contributed by atoms with Crippen LogP contribution < -0.4 is 5.32 Å². The minimum absolute atomic E-state index is 0.0252. The number of nitrogens with zero attached hydrogens (tertiary/aromatic N) is 2. The van der Waals surface area contributed by atoms with Crippen molar-refractivity contribution in [2.45, 2.75) is 38.5 Å². The third kappa shape index (κ3) is 3.89. The van der Waals surface area contributed by atoms with Crippen molar-refractivity contribution in [1.29, 1.82) is 0 Å². The molecule has 19 heavy (non-hydrogen) atoms. The molecule has 1 aromatic rings. The van der Waals surface area contributed by atoms with Gasteiger partial charge in [0, 0.05) is 29.7 Å². The molecule has 0 bridgehead atoms. The van der Waals surface area contributed by atoms with Crippen molar-refractivity contribution in [3.63, 3.8) is 0 Å². The van der Waals surface area contributed by atoms with Crippen molar-refractivity contribution < 1.29 is 9.32 Å². The number of rotatable bonds is 3. The highest BCUT2D eigenvalue weighted by atomic mass is 32.2. The summed E-state index contributed by atoms with van der Waals surface area (Å²) in [5.74, 6) is 1.69. The lowest BCUT2D eigenvalue weighted by Gasteiger charge is -2.37. The number of urea groups is 1. The first-order valence-electron chi connectivity index (χ1n) is 6.61. The van der Waals surface area contributed by atoms with Gasteiger partial charge in [-0.1, -0.05) is 12.1 Å². The van der Waals surface area contributed by atoms with Crippen LogP contribution in [0.15, 0.2) is 10.6 Å². The summed E-state index contributed by atoms with van der Waals surface area (Å²) in [6, 6.07) is 1.86. The van der Waals surface area contributed by atoms with E-state index in [0.29, 0.717) is 12.3 Å². The van der Waals surface area contributed by atoms with Crippen molar-refractivity contribution in [3.05, 3.63) is 17.5 Å². The second kappa shape index (κ2) is 5.86. The first-order chi connectivity index (χ1) is 9.00. The quantitative estimate of drug-likeness (QED) is 0.924. The molecule has 0 saturated carbocycles. The van der Waals surface area contributed by atoms with E-state index in [1.165, 1.54) is 0 Å². The van der Waals surface area contributed by atoms with E-state index < -0.39 is 0 Å². The largest absolute Gasteiger partial charge is 0.359 e. The third-order valence-corrected chi connectivity index (χ3v) is 4.39. The Hall–Kier alpha value is -1.17. The molecule has 0 atom stereocenters. The van der Waals surface area contributed by atoms with Crippen LogP contribution in [0.4, 0.5) is 4.79 Å². The van der Waals surface area contributed by atoms with E-state index in [-0.39, 0.29) is 10.8 Å². The normalized spacial score (nSPS) is 18.4. The van der Waals surface area contributed by atoms with E-state index >= 15 is 0 Å². The minimum Gasteiger partial charge on any atom is -0.359 e. The zero-order valence-electron chi connectivity index (χ0n) is 11.7. The second-order valence-corrected chi connectivity index (χ2v) is 7.13. The monoisotopic (exact) mass is 283 g/mol. The molecule has 2 amide bonds. The molecule has 0 radical (unpaired) electrons. The average molecular weight is 283 g/mol. The van der Waals surface area contributed by atoms with Crippen LogP contribution in [0.2, 0.25) is 0 Å². The molecule has 0 aliphatic carbocycles. The van der Waals surface area contributed by atoms with Gasteiger partial charge in [-0.05, 0) is 20.3 Å². The van der Waals surface area contributed by atoms with Gasteiger partial charge in [0.05, 0.1) is 12.2 Å². The smallest absolute Gasteiger partial charge is 0.317 e. The number of amides is 2. The molecule has 1 aliphatic rings. The summed E-state index contributed by atoms with van der Waals surface area (Å²) in [7, 11) is 0. The lowest BCUT2D eigenvalue weighted by Crippen LogP contribution is -2.49. The Morgan fingerprint density at radius 3 is 3.05 bits per heavy atom. The maximum Gasteiger partial charge on any atom is 0.317 e. The van der Waals surface area contributed by atoms with Gasteiger partial charge in [0.25, 0.3) is 0 Å². The van der Waals surface area contributed by atoms with Crippen LogP contribution in [0.5, 0.6) is 0 Å². The standard InChI is InChI=1S/C13H21N3O2S/c1-4-10-7-11(18-15-10)8-14-12(17)16-5-6-19-13(2,3)9-16/h7H,4-6,8-9H2,1-3H3,(H,14,17). The van der Waals surface area contributed by atoms with Crippen LogP contribution in [-0.2, 0) is 13.0 Å². The SMILES string of the molecule is CCc1cc(CNC(=O)N2CCSC(C)(C)C2)on1. The Kier molecular flexibility index (Phi) is 4.39. The van der Waals surface area contributed by atoms with Crippen molar-refractivity contribution >= 4 is 17.8 Å². The molecule has 2 heterocycles. The highest BCUT2D eigenvalue weighted by Gasteiger charge is 2.29. The highest BCUT2D eigenvalue weighted by Crippen LogP contribution is 2.29. The first kappa shape index (κ1) is 14.2. The summed E-state index contributed by atoms with van der Waals surface area (Å²) in [5.41, 5.74) is 0.916. The van der Waals surface area contributed by atoms with Crippen LogP contribution >= 0.6 is 11.8 Å². The number of nitrogens with one attached hydrogen (secondary N) is 1. The fourth-order valence-corrected chi connectivity index (χ4v) is 3.18. The summed E-state index contributed by atoms with van der Waals surface area (Å²) in [5, 5.41) is 6.79. The van der Waals surface area contributed by atoms with E-state index in [1.54, 1.807) is 0 Å². The molecule has 1 fully saturated rings. The summed E-state index contributed by atoms with van der Waals surface area (Å²) >= 11 is 1.91. The van der Waals surface area contributed by atoms with Gasteiger partial charge in [0.1, 0.15) is 0 Å². The number of hydrogen-bond donors (Lipinski definition) is 1. The number of aromatic nitrogens is 1. The molecule has 0 aromatic carbocycles. The zero-order chi connectivity index (χ0) is 13.9. The molecule has 1 aliphatic heterocycles. The molecule has 0 spiro atoms. The second-order valence-electron chi connectivity index (χ2n) is 5.33. The highest BCUT2D eigenvalue weighted by molar-refractivity contribution is 8.00. The predicted octanol–water partition coefficient (Wildman–Crippen LogP) is 2.27. The summed E-state index contributed by atoms with van der Waals surface area (Å²) in [6.45, 7) is 8.34. The molecule has 6 heteroatoms. The Morgan fingerprint density at radius 1 is 1.63 bits per heavy atom. The number of aryl methyl sites for hydroxylation is 1. The number of hydrogen-bond acceptors (Lipinski definition) is 4. The Bertz CT molecular complexity index is 445. The fourth-order valence-electron chi connectivity index (χ4n) is 2.07. The molecular weight excluding hydrogens is 262 g/mol. The lowest BCUT2D eigenvalue weighted by molar-refractivity contribution is 0.193. The van der Waals surface area contributed by atoms with Gasteiger partial charge in [-0.3, -0.25) is 0 Å².